The fourth-order valence-corrected chi connectivity index (χ4v) is 1.26. The molecule has 7 heteroatoms. The molecule has 1 aromatic carbocycles. The van der Waals surface area contributed by atoms with Gasteiger partial charge in [-0.3, -0.25) is 0 Å². The molecule has 0 fully saturated rings. The van der Waals surface area contributed by atoms with Crippen LogP contribution in [0, 0.1) is 0 Å². The van der Waals surface area contributed by atoms with Gasteiger partial charge in [-0.15, -0.1) is 0 Å². The Hall–Kier alpha value is -1.60. The Kier molecular flexibility index (Phi) is 6.85. The van der Waals surface area contributed by atoms with Gasteiger partial charge in [0, 0.05) is 12.6 Å². The van der Waals surface area contributed by atoms with Gasteiger partial charge in [0.15, 0.2) is 6.10 Å². The van der Waals surface area contributed by atoms with Gasteiger partial charge in [-0.2, -0.15) is 13.2 Å². The lowest BCUT2D eigenvalue weighted by molar-refractivity contribution is -0.149. The minimum Gasteiger partial charge on any atom is -0.479 e. The highest BCUT2D eigenvalue weighted by Gasteiger charge is 2.31. The zero-order chi connectivity index (χ0) is 16.8. The molecule has 0 aliphatic rings. The molecule has 0 saturated heterocycles. The van der Waals surface area contributed by atoms with Gasteiger partial charge < -0.3 is 15.6 Å². The summed E-state index contributed by atoms with van der Waals surface area (Å²) in [6.45, 7) is 5.90. The number of rotatable bonds is 3. The van der Waals surface area contributed by atoms with Crippen molar-refractivity contribution < 1.29 is 27.8 Å². The summed E-state index contributed by atoms with van der Waals surface area (Å²) in [5.41, 5.74) is 4.42. The van der Waals surface area contributed by atoms with Crippen LogP contribution in [0.25, 0.3) is 0 Å². The van der Waals surface area contributed by atoms with Crippen molar-refractivity contribution >= 4 is 5.97 Å². The molecule has 0 radical (unpaired) electrons. The summed E-state index contributed by atoms with van der Waals surface area (Å²) >= 11 is 0. The Bertz CT molecular complexity index is 461. The summed E-state index contributed by atoms with van der Waals surface area (Å²) < 4.78 is 41.6. The molecule has 0 aromatic heterocycles. The van der Waals surface area contributed by atoms with Gasteiger partial charge in [0.2, 0.25) is 0 Å². The predicted molar refractivity (Wildman–Crippen MR) is 72.8 cm³/mol. The van der Waals surface area contributed by atoms with Crippen LogP contribution in [0.4, 0.5) is 13.2 Å². The largest absolute Gasteiger partial charge is 0.479 e. The number of carboxylic acids is 1. The third-order valence-electron chi connectivity index (χ3n) is 1.98. The first-order valence-electron chi connectivity index (χ1n) is 6.08. The average molecular weight is 307 g/mol. The maximum Gasteiger partial charge on any atom is 0.416 e. The van der Waals surface area contributed by atoms with Gasteiger partial charge in [-0.05, 0) is 38.5 Å². The lowest BCUT2D eigenvalue weighted by atomic mass is 10.1. The van der Waals surface area contributed by atoms with Crippen molar-refractivity contribution in [2.24, 2.45) is 5.73 Å². The highest BCUT2D eigenvalue weighted by Crippen LogP contribution is 2.31. The molecular weight excluding hydrogens is 287 g/mol. The molecule has 0 bridgehead atoms. The van der Waals surface area contributed by atoms with Gasteiger partial charge in [0.05, 0.1) is 5.56 Å². The second-order valence-corrected chi connectivity index (χ2v) is 5.44. The monoisotopic (exact) mass is 307 g/mol. The van der Waals surface area contributed by atoms with E-state index < -0.39 is 23.8 Å². The molecule has 1 unspecified atom stereocenters. The van der Waals surface area contributed by atoms with E-state index in [9.17, 15) is 18.0 Å². The van der Waals surface area contributed by atoms with Crippen molar-refractivity contribution in [3.8, 4) is 0 Å². The quantitative estimate of drug-likeness (QED) is 0.899. The summed E-state index contributed by atoms with van der Waals surface area (Å²) in [6, 6.07) is 4.06. The lowest BCUT2D eigenvalue weighted by Crippen LogP contribution is -2.26. The molecule has 21 heavy (non-hydrogen) atoms. The SMILES string of the molecule is CC(C)(C)N.COC(C(=O)O)c1cccc(C(F)(F)F)c1. The van der Waals surface area contributed by atoms with Gasteiger partial charge in [-0.25, -0.2) is 4.79 Å². The number of carboxylic acid groups (broad SMARTS) is 1. The number of hydrogen-bond donors (Lipinski definition) is 2. The molecule has 1 rings (SSSR count). The van der Waals surface area contributed by atoms with E-state index in [4.69, 9.17) is 10.8 Å². The maximum absolute atomic E-state index is 12.3. The Labute approximate surface area is 121 Å². The summed E-state index contributed by atoms with van der Waals surface area (Å²) in [5, 5.41) is 8.71. The van der Waals surface area contributed by atoms with Crippen molar-refractivity contribution in [1.82, 2.24) is 0 Å². The van der Waals surface area contributed by atoms with Crippen molar-refractivity contribution in [3.63, 3.8) is 0 Å². The number of hydrogen-bond acceptors (Lipinski definition) is 3. The van der Waals surface area contributed by atoms with Crippen LogP contribution in [-0.4, -0.2) is 23.7 Å². The van der Waals surface area contributed by atoms with E-state index in [1.807, 2.05) is 20.8 Å². The predicted octanol–water partition coefficient (Wildman–Crippen LogP) is 3.22. The minimum absolute atomic E-state index is 0. The lowest BCUT2D eigenvalue weighted by Gasteiger charge is -2.13. The highest BCUT2D eigenvalue weighted by molar-refractivity contribution is 5.74. The van der Waals surface area contributed by atoms with Crippen molar-refractivity contribution in [2.45, 2.75) is 38.6 Å². The number of carbonyl (C=O) groups is 1. The number of benzene rings is 1. The zero-order valence-corrected chi connectivity index (χ0v) is 12.4. The van der Waals surface area contributed by atoms with Gasteiger partial charge in [0.1, 0.15) is 0 Å². The average Bonchev–Trinajstić information content (AvgIpc) is 2.26. The fourth-order valence-electron chi connectivity index (χ4n) is 1.26. The van der Waals surface area contributed by atoms with Crippen molar-refractivity contribution in [2.75, 3.05) is 7.11 Å². The Balaban J connectivity index is 0.000000690. The topological polar surface area (TPSA) is 72.5 Å². The summed E-state index contributed by atoms with van der Waals surface area (Å²) in [6.07, 6.45) is -5.88. The maximum atomic E-state index is 12.3. The Morgan fingerprint density at radius 1 is 1.29 bits per heavy atom. The molecule has 120 valence electrons. The molecule has 0 aliphatic carbocycles. The van der Waals surface area contributed by atoms with Crippen LogP contribution in [0.3, 0.4) is 0 Å². The van der Waals surface area contributed by atoms with Crippen LogP contribution < -0.4 is 5.73 Å². The van der Waals surface area contributed by atoms with E-state index in [0.717, 1.165) is 25.3 Å². The normalized spacial score (nSPS) is 13.1. The second kappa shape index (κ2) is 7.42. The van der Waals surface area contributed by atoms with Gasteiger partial charge in [-0.1, -0.05) is 12.1 Å². The van der Waals surface area contributed by atoms with Crippen LogP contribution in [0.5, 0.6) is 0 Å². The molecule has 0 amide bonds. The number of ether oxygens (including phenoxy) is 1. The molecule has 0 heterocycles. The molecule has 4 nitrogen and oxygen atoms in total. The standard InChI is InChI=1S/C10H9F3O3.C4H11N/c1-16-8(9(14)15)6-3-2-4-7(5-6)10(11,12)13;1-4(2,3)5/h2-5,8H,1H3,(H,14,15);5H2,1-3H3. The van der Waals surface area contributed by atoms with E-state index in [2.05, 4.69) is 4.74 Å². The first kappa shape index (κ1) is 19.4. The van der Waals surface area contributed by atoms with E-state index >= 15 is 0 Å². The highest BCUT2D eigenvalue weighted by atomic mass is 19.4. The molecule has 0 spiro atoms. The molecule has 0 saturated carbocycles. The minimum atomic E-state index is -4.49. The third-order valence-corrected chi connectivity index (χ3v) is 1.98. The van der Waals surface area contributed by atoms with Crippen molar-refractivity contribution in [3.05, 3.63) is 35.4 Å². The van der Waals surface area contributed by atoms with Crippen LogP contribution in [0.15, 0.2) is 24.3 Å². The van der Waals surface area contributed by atoms with Crippen LogP contribution in [-0.2, 0) is 15.7 Å². The summed E-state index contributed by atoms with van der Waals surface area (Å²) in [4.78, 5) is 10.7. The van der Waals surface area contributed by atoms with E-state index in [1.165, 1.54) is 6.07 Å². The second-order valence-electron chi connectivity index (χ2n) is 5.44. The summed E-state index contributed by atoms with van der Waals surface area (Å²) in [5.74, 6) is -1.33. The van der Waals surface area contributed by atoms with Crippen LogP contribution in [0.2, 0.25) is 0 Å². The number of halogens is 3. The van der Waals surface area contributed by atoms with E-state index in [-0.39, 0.29) is 11.1 Å². The number of nitrogens with two attached hydrogens (primary N) is 1. The number of methoxy groups -OCH3 is 1. The number of aliphatic carboxylic acids is 1. The smallest absolute Gasteiger partial charge is 0.416 e. The number of alkyl halides is 3. The molecule has 3 N–H and O–H groups in total. The van der Waals surface area contributed by atoms with Crippen LogP contribution >= 0.6 is 0 Å². The molecule has 1 aromatic rings. The molecule has 1 atom stereocenters. The first-order chi connectivity index (χ1) is 9.36. The first-order valence-corrected chi connectivity index (χ1v) is 6.08. The summed E-state index contributed by atoms with van der Waals surface area (Å²) in [7, 11) is 1.12. The molecule has 0 aliphatic heterocycles. The molecular formula is C14H20F3NO3. The Morgan fingerprint density at radius 3 is 2.10 bits per heavy atom. The van der Waals surface area contributed by atoms with Gasteiger partial charge in [0.25, 0.3) is 0 Å². The fraction of sp³-hybridized carbons (Fsp3) is 0.500. The van der Waals surface area contributed by atoms with E-state index in [1.54, 1.807) is 0 Å². The van der Waals surface area contributed by atoms with Crippen molar-refractivity contribution in [1.29, 1.82) is 0 Å². The van der Waals surface area contributed by atoms with Gasteiger partial charge >= 0.3 is 12.1 Å². The van der Waals surface area contributed by atoms with E-state index in [0.29, 0.717) is 0 Å². The van der Waals surface area contributed by atoms with Crippen LogP contribution in [0.1, 0.15) is 38.0 Å². The Morgan fingerprint density at radius 2 is 1.76 bits per heavy atom. The zero-order valence-electron chi connectivity index (χ0n) is 12.4. The third kappa shape index (κ3) is 8.31.